The molecule has 2 aliphatic heterocycles. The molecule has 11 heteroatoms. The minimum atomic E-state index is -0.280. The van der Waals surface area contributed by atoms with E-state index in [4.69, 9.17) is 9.47 Å². The van der Waals surface area contributed by atoms with Crippen LogP contribution < -0.4 is 30.7 Å². The van der Waals surface area contributed by atoms with Crippen molar-refractivity contribution in [2.24, 2.45) is 0 Å². The monoisotopic (exact) mass is 529 g/mol. The van der Waals surface area contributed by atoms with Crippen molar-refractivity contribution >= 4 is 34.7 Å². The van der Waals surface area contributed by atoms with Crippen LogP contribution in [0.1, 0.15) is 11.1 Å². The van der Waals surface area contributed by atoms with Gasteiger partial charge < -0.3 is 35.6 Å². The molecular weight excluding hydrogens is 498 g/mol. The van der Waals surface area contributed by atoms with Crippen molar-refractivity contribution in [1.82, 2.24) is 20.2 Å². The average Bonchev–Trinajstić information content (AvgIpc) is 3.26. The number of likely N-dealkylation sites (N-methyl/N-ethyl adjacent to an activating group) is 1. The second-order valence-corrected chi connectivity index (χ2v) is 9.40. The van der Waals surface area contributed by atoms with Gasteiger partial charge in [0.1, 0.15) is 18.0 Å². The van der Waals surface area contributed by atoms with E-state index in [9.17, 15) is 9.59 Å². The van der Waals surface area contributed by atoms with Crippen LogP contribution in [0.4, 0.5) is 17.3 Å². The number of carbonyl (C=O) groups excluding carboxylic acids is 2. The van der Waals surface area contributed by atoms with Gasteiger partial charge in [0.15, 0.2) is 18.1 Å². The molecule has 3 aromatic rings. The first-order valence-corrected chi connectivity index (χ1v) is 12.7. The number of ether oxygens (including phenoxy) is 2. The third-order valence-electron chi connectivity index (χ3n) is 6.51. The standard InChI is InChI=1S/C28H31N7O4/c1-35-11-10-29-26-25-21(28(37)34-27(25)32-17-31-26)14-30-19-8-9-22(38-2)23(13-19)39-16-24(36)33-20(15-35)12-18-6-4-3-5-7-18/h3-9,13-14,17,20,30H,10-12,15-16H2,1-2H3,(H,33,36)(H2,29,31,32,34,37)/b21-14-/t20-/m1/s1. The SMILES string of the molecule is COc1ccc2cc1OCC(=O)N[C@H](Cc1ccccc1)CN(C)CCNc1ncnc3c1/C(=C/N2)C(=O)N3. The van der Waals surface area contributed by atoms with Gasteiger partial charge in [-0.2, -0.15) is 0 Å². The highest BCUT2D eigenvalue weighted by Gasteiger charge is 2.29. The van der Waals surface area contributed by atoms with E-state index >= 15 is 0 Å². The highest BCUT2D eigenvalue weighted by molar-refractivity contribution is 6.32. The molecule has 202 valence electrons. The molecule has 0 aliphatic carbocycles. The Balaban J connectivity index is 1.45. The first-order chi connectivity index (χ1) is 19.0. The summed E-state index contributed by atoms with van der Waals surface area (Å²) in [5.41, 5.74) is 2.79. The van der Waals surface area contributed by atoms with Crippen LogP contribution >= 0.6 is 0 Å². The average molecular weight is 530 g/mol. The van der Waals surface area contributed by atoms with Crippen molar-refractivity contribution in [3.05, 3.63) is 72.2 Å². The lowest BCUT2D eigenvalue weighted by Gasteiger charge is -2.26. The van der Waals surface area contributed by atoms with Crippen LogP contribution in [0.25, 0.3) is 5.57 Å². The van der Waals surface area contributed by atoms with Crippen molar-refractivity contribution in [3.8, 4) is 11.5 Å². The Morgan fingerprint density at radius 2 is 1.92 bits per heavy atom. The van der Waals surface area contributed by atoms with Crippen LogP contribution in [0.5, 0.6) is 11.5 Å². The first kappa shape index (κ1) is 26.0. The topological polar surface area (TPSA) is 130 Å². The van der Waals surface area contributed by atoms with Gasteiger partial charge >= 0.3 is 0 Å². The van der Waals surface area contributed by atoms with E-state index in [2.05, 4.69) is 48.3 Å². The number of nitrogens with one attached hydrogen (secondary N) is 4. The van der Waals surface area contributed by atoms with Crippen LogP contribution in [0, 0.1) is 0 Å². The molecule has 2 amide bonds. The predicted octanol–water partition coefficient (Wildman–Crippen LogP) is 2.35. The molecule has 3 heterocycles. The summed E-state index contributed by atoms with van der Waals surface area (Å²) < 4.78 is 11.3. The summed E-state index contributed by atoms with van der Waals surface area (Å²) in [6, 6.07) is 15.2. The Morgan fingerprint density at radius 1 is 1.10 bits per heavy atom. The van der Waals surface area contributed by atoms with Gasteiger partial charge in [-0.15, -0.1) is 0 Å². The Kier molecular flexibility index (Phi) is 7.88. The molecule has 1 aromatic heterocycles. The summed E-state index contributed by atoms with van der Waals surface area (Å²) in [6.45, 7) is 1.70. The minimum absolute atomic E-state index is 0.137. The fourth-order valence-electron chi connectivity index (χ4n) is 4.64. The van der Waals surface area contributed by atoms with E-state index < -0.39 is 0 Å². The number of nitrogens with zero attached hydrogens (tertiary/aromatic N) is 3. The van der Waals surface area contributed by atoms with Crippen LogP contribution in [0.15, 0.2) is 61.1 Å². The molecule has 0 radical (unpaired) electrons. The molecule has 39 heavy (non-hydrogen) atoms. The van der Waals surface area contributed by atoms with Gasteiger partial charge in [0.25, 0.3) is 11.8 Å². The normalized spacial score (nSPS) is 19.4. The summed E-state index contributed by atoms with van der Waals surface area (Å²) in [5.74, 6) is 1.40. The van der Waals surface area contributed by atoms with Crippen molar-refractivity contribution in [2.45, 2.75) is 12.5 Å². The highest BCUT2D eigenvalue weighted by Crippen LogP contribution is 2.35. The number of anilines is 3. The van der Waals surface area contributed by atoms with E-state index in [1.165, 1.54) is 13.4 Å². The fraction of sp³-hybridized carbons (Fsp3) is 0.286. The Bertz CT molecular complexity index is 1380. The quantitative estimate of drug-likeness (QED) is 0.404. The van der Waals surface area contributed by atoms with Crippen LogP contribution in [-0.2, 0) is 16.0 Å². The van der Waals surface area contributed by atoms with E-state index in [1.54, 1.807) is 24.4 Å². The van der Waals surface area contributed by atoms with Gasteiger partial charge in [0.2, 0.25) is 0 Å². The van der Waals surface area contributed by atoms with Crippen LogP contribution in [0.3, 0.4) is 0 Å². The lowest BCUT2D eigenvalue weighted by atomic mass is 10.1. The van der Waals surface area contributed by atoms with E-state index in [0.717, 1.165) is 5.56 Å². The lowest BCUT2D eigenvalue weighted by molar-refractivity contribution is -0.124. The molecule has 0 saturated carbocycles. The Morgan fingerprint density at radius 3 is 2.74 bits per heavy atom. The van der Waals surface area contributed by atoms with Crippen molar-refractivity contribution in [1.29, 1.82) is 0 Å². The maximum Gasteiger partial charge on any atom is 0.259 e. The summed E-state index contributed by atoms with van der Waals surface area (Å²) in [5, 5.41) is 12.4. The number of hydrogen-bond donors (Lipinski definition) is 4. The van der Waals surface area contributed by atoms with Crippen molar-refractivity contribution in [3.63, 3.8) is 0 Å². The number of hydrogen-bond acceptors (Lipinski definition) is 9. The predicted molar refractivity (Wildman–Crippen MR) is 149 cm³/mol. The van der Waals surface area contributed by atoms with E-state index in [-0.39, 0.29) is 24.5 Å². The summed E-state index contributed by atoms with van der Waals surface area (Å²) in [6.07, 6.45) is 3.71. The zero-order valence-electron chi connectivity index (χ0n) is 21.9. The third-order valence-corrected chi connectivity index (χ3v) is 6.51. The number of benzene rings is 2. The van der Waals surface area contributed by atoms with Gasteiger partial charge in [-0.05, 0) is 31.2 Å². The van der Waals surface area contributed by atoms with Gasteiger partial charge in [-0.1, -0.05) is 30.3 Å². The van der Waals surface area contributed by atoms with Crippen molar-refractivity contribution < 1.29 is 19.1 Å². The minimum Gasteiger partial charge on any atom is -0.493 e. The molecule has 0 saturated heterocycles. The number of rotatable bonds is 3. The molecule has 1 atom stereocenters. The molecule has 2 aromatic carbocycles. The van der Waals surface area contributed by atoms with E-state index in [1.807, 2.05) is 25.2 Å². The molecule has 4 N–H and O–H groups in total. The molecule has 2 bridgehead atoms. The van der Waals surface area contributed by atoms with Gasteiger partial charge in [-0.3, -0.25) is 9.59 Å². The van der Waals surface area contributed by atoms with Gasteiger partial charge in [0, 0.05) is 43.6 Å². The smallest absolute Gasteiger partial charge is 0.259 e. The summed E-state index contributed by atoms with van der Waals surface area (Å²) in [4.78, 5) is 36.5. The maximum atomic E-state index is 12.9. The molecule has 5 rings (SSSR count). The zero-order chi connectivity index (χ0) is 27.2. The second-order valence-electron chi connectivity index (χ2n) is 9.40. The highest BCUT2D eigenvalue weighted by atomic mass is 16.5. The molecule has 0 spiro atoms. The Hall–Kier alpha value is -4.64. The van der Waals surface area contributed by atoms with Crippen molar-refractivity contribution in [2.75, 3.05) is 56.3 Å². The number of carbonyl (C=O) groups is 2. The molecule has 0 fully saturated rings. The second kappa shape index (κ2) is 11.8. The van der Waals surface area contributed by atoms with Crippen LogP contribution in [-0.4, -0.2) is 73.1 Å². The number of amides is 2. The Labute approximate surface area is 226 Å². The largest absolute Gasteiger partial charge is 0.493 e. The van der Waals surface area contributed by atoms with Gasteiger partial charge in [0.05, 0.1) is 18.2 Å². The third kappa shape index (κ3) is 6.27. The molecule has 0 unspecified atom stereocenters. The molecular formula is C28H31N7O4. The number of fused-ring (bicyclic) bond motifs is 2. The first-order valence-electron chi connectivity index (χ1n) is 12.7. The molecule has 11 nitrogen and oxygen atoms in total. The lowest BCUT2D eigenvalue weighted by Crippen LogP contribution is -2.46. The summed E-state index contributed by atoms with van der Waals surface area (Å²) in [7, 11) is 3.54. The zero-order valence-corrected chi connectivity index (χ0v) is 21.9. The summed E-state index contributed by atoms with van der Waals surface area (Å²) >= 11 is 0. The maximum absolute atomic E-state index is 12.9. The number of aromatic nitrogens is 2. The van der Waals surface area contributed by atoms with Gasteiger partial charge in [-0.25, -0.2) is 9.97 Å². The fourth-order valence-corrected chi connectivity index (χ4v) is 4.64. The van der Waals surface area contributed by atoms with E-state index in [0.29, 0.717) is 66.0 Å². The molecule has 2 aliphatic rings. The van der Waals surface area contributed by atoms with Crippen LogP contribution in [0.2, 0.25) is 0 Å². The number of methoxy groups -OCH3 is 1.